The van der Waals surface area contributed by atoms with Crippen LogP contribution in [0.4, 0.5) is 8.78 Å². The summed E-state index contributed by atoms with van der Waals surface area (Å²) in [6.07, 6.45) is 0. The topological polar surface area (TPSA) is 33.3 Å². The predicted octanol–water partition coefficient (Wildman–Crippen LogP) is 1.52. The van der Waals surface area contributed by atoms with Gasteiger partial charge < -0.3 is 15.4 Å². The Hall–Kier alpha value is -1.20. The Kier molecular flexibility index (Phi) is 3.69. The summed E-state index contributed by atoms with van der Waals surface area (Å²) < 4.78 is 28.1. The molecule has 1 atom stereocenters. The molecule has 16 heavy (non-hydrogen) atoms. The molecule has 0 saturated carbocycles. The Morgan fingerprint density at radius 2 is 1.94 bits per heavy atom. The number of piperazine rings is 1. The minimum Gasteiger partial charge on any atom is -0.435 e. The van der Waals surface area contributed by atoms with Gasteiger partial charge >= 0.3 is 6.61 Å². The second-order valence-corrected chi connectivity index (χ2v) is 3.66. The zero-order valence-electron chi connectivity index (χ0n) is 8.75. The fraction of sp³-hybridized carbons (Fsp3) is 0.455. The van der Waals surface area contributed by atoms with Crippen LogP contribution in [0.3, 0.4) is 0 Å². The largest absolute Gasteiger partial charge is 0.435 e. The Labute approximate surface area is 92.8 Å². The highest BCUT2D eigenvalue weighted by molar-refractivity contribution is 5.29. The van der Waals surface area contributed by atoms with Crippen LogP contribution in [0, 0.1) is 0 Å². The molecule has 2 N–H and O–H groups in total. The molecule has 0 bridgehead atoms. The van der Waals surface area contributed by atoms with Crippen molar-refractivity contribution in [1.82, 2.24) is 10.6 Å². The maximum absolute atomic E-state index is 11.9. The number of rotatable bonds is 3. The molecule has 0 radical (unpaired) electrons. The third-order valence-electron chi connectivity index (χ3n) is 2.55. The molecule has 1 aromatic carbocycles. The molecule has 2 rings (SSSR count). The number of hydrogen-bond donors (Lipinski definition) is 2. The summed E-state index contributed by atoms with van der Waals surface area (Å²) in [5.41, 5.74) is 1.08. The number of nitrogens with one attached hydrogen (secondary N) is 2. The van der Waals surface area contributed by atoms with Gasteiger partial charge in [-0.1, -0.05) is 12.1 Å². The normalized spacial score (nSPS) is 21.1. The summed E-state index contributed by atoms with van der Waals surface area (Å²) in [4.78, 5) is 0. The smallest absolute Gasteiger partial charge is 0.387 e. The fourth-order valence-electron chi connectivity index (χ4n) is 1.77. The second kappa shape index (κ2) is 5.23. The summed E-state index contributed by atoms with van der Waals surface area (Å²) in [7, 11) is 0. The first-order valence-electron chi connectivity index (χ1n) is 5.24. The number of alkyl halides is 2. The average Bonchev–Trinajstić information content (AvgIpc) is 2.30. The third-order valence-corrected chi connectivity index (χ3v) is 2.55. The zero-order chi connectivity index (χ0) is 11.4. The lowest BCUT2D eigenvalue weighted by Crippen LogP contribution is -2.42. The van der Waals surface area contributed by atoms with Crippen molar-refractivity contribution in [3.8, 4) is 5.75 Å². The molecule has 1 aliphatic rings. The maximum Gasteiger partial charge on any atom is 0.387 e. The van der Waals surface area contributed by atoms with Crippen LogP contribution in [0.1, 0.15) is 11.6 Å². The second-order valence-electron chi connectivity index (χ2n) is 3.66. The van der Waals surface area contributed by atoms with Gasteiger partial charge in [0.25, 0.3) is 0 Å². The molecule has 5 heteroatoms. The minimum absolute atomic E-state index is 0.197. The van der Waals surface area contributed by atoms with Crippen molar-refractivity contribution in [3.05, 3.63) is 29.8 Å². The lowest BCUT2D eigenvalue weighted by atomic mass is 10.1. The van der Waals surface area contributed by atoms with Gasteiger partial charge in [0.2, 0.25) is 0 Å². The van der Waals surface area contributed by atoms with E-state index in [4.69, 9.17) is 0 Å². The first-order valence-corrected chi connectivity index (χ1v) is 5.24. The Balaban J connectivity index is 2.00. The van der Waals surface area contributed by atoms with Gasteiger partial charge in [0, 0.05) is 25.7 Å². The SMILES string of the molecule is FC(F)Oc1ccc([C@@H]2CNCCN2)cc1. The molecule has 1 aromatic rings. The molecule has 0 spiro atoms. The zero-order valence-corrected chi connectivity index (χ0v) is 8.75. The van der Waals surface area contributed by atoms with Crippen molar-refractivity contribution in [2.24, 2.45) is 0 Å². The molecule has 1 heterocycles. The Morgan fingerprint density at radius 3 is 2.50 bits per heavy atom. The molecular weight excluding hydrogens is 214 g/mol. The van der Waals surface area contributed by atoms with E-state index >= 15 is 0 Å². The summed E-state index contributed by atoms with van der Waals surface area (Å²) in [5, 5.41) is 6.61. The van der Waals surface area contributed by atoms with Gasteiger partial charge in [-0.05, 0) is 17.7 Å². The Morgan fingerprint density at radius 1 is 1.19 bits per heavy atom. The van der Waals surface area contributed by atoms with Crippen LogP contribution in [-0.4, -0.2) is 26.2 Å². The quantitative estimate of drug-likeness (QED) is 0.823. The maximum atomic E-state index is 11.9. The van der Waals surface area contributed by atoms with Crippen LogP contribution >= 0.6 is 0 Å². The van der Waals surface area contributed by atoms with E-state index in [0.29, 0.717) is 0 Å². The first-order chi connectivity index (χ1) is 7.75. The molecule has 88 valence electrons. The summed E-state index contributed by atoms with van der Waals surface area (Å²) in [6, 6.07) is 7.00. The van der Waals surface area contributed by atoms with E-state index in [2.05, 4.69) is 15.4 Å². The molecule has 1 aliphatic heterocycles. The highest BCUT2D eigenvalue weighted by Gasteiger charge is 2.14. The van der Waals surface area contributed by atoms with Gasteiger partial charge in [-0.15, -0.1) is 0 Å². The lowest BCUT2D eigenvalue weighted by molar-refractivity contribution is -0.0498. The van der Waals surface area contributed by atoms with Crippen molar-refractivity contribution in [2.45, 2.75) is 12.7 Å². The van der Waals surface area contributed by atoms with Crippen LogP contribution < -0.4 is 15.4 Å². The molecule has 0 aliphatic carbocycles. The van der Waals surface area contributed by atoms with E-state index in [1.165, 1.54) is 0 Å². The minimum atomic E-state index is -2.76. The van der Waals surface area contributed by atoms with Gasteiger partial charge in [-0.3, -0.25) is 0 Å². The van der Waals surface area contributed by atoms with E-state index < -0.39 is 6.61 Å². The van der Waals surface area contributed by atoms with Crippen molar-refractivity contribution in [2.75, 3.05) is 19.6 Å². The Bertz CT molecular complexity index is 323. The van der Waals surface area contributed by atoms with Crippen molar-refractivity contribution >= 4 is 0 Å². The standard InChI is InChI=1S/C11H14F2N2O/c12-11(13)16-9-3-1-8(2-4-9)10-7-14-5-6-15-10/h1-4,10-11,14-15H,5-7H2/t10-/m0/s1. The number of ether oxygens (including phenoxy) is 1. The van der Waals surface area contributed by atoms with Crippen LogP contribution in [-0.2, 0) is 0 Å². The van der Waals surface area contributed by atoms with Crippen molar-refractivity contribution in [3.63, 3.8) is 0 Å². The third kappa shape index (κ3) is 2.90. The predicted molar refractivity (Wildman–Crippen MR) is 56.7 cm³/mol. The molecule has 1 fully saturated rings. The van der Waals surface area contributed by atoms with E-state index in [-0.39, 0.29) is 11.8 Å². The molecular formula is C11H14F2N2O. The molecule has 3 nitrogen and oxygen atoms in total. The first kappa shape index (κ1) is 11.3. The van der Waals surface area contributed by atoms with Gasteiger partial charge in [0.05, 0.1) is 0 Å². The fourth-order valence-corrected chi connectivity index (χ4v) is 1.77. The molecule has 1 saturated heterocycles. The van der Waals surface area contributed by atoms with Crippen LogP contribution in [0.25, 0.3) is 0 Å². The summed E-state index contributed by atoms with van der Waals surface area (Å²) in [6.45, 7) is -0.0294. The average molecular weight is 228 g/mol. The number of hydrogen-bond acceptors (Lipinski definition) is 3. The van der Waals surface area contributed by atoms with E-state index in [1.54, 1.807) is 12.1 Å². The molecule has 0 amide bonds. The molecule has 0 aromatic heterocycles. The van der Waals surface area contributed by atoms with Crippen LogP contribution in [0.5, 0.6) is 5.75 Å². The van der Waals surface area contributed by atoms with Gasteiger partial charge in [-0.25, -0.2) is 0 Å². The summed E-state index contributed by atoms with van der Waals surface area (Å²) in [5.74, 6) is 0.197. The van der Waals surface area contributed by atoms with Crippen molar-refractivity contribution in [1.29, 1.82) is 0 Å². The summed E-state index contributed by atoms with van der Waals surface area (Å²) >= 11 is 0. The highest BCUT2D eigenvalue weighted by atomic mass is 19.3. The highest BCUT2D eigenvalue weighted by Crippen LogP contribution is 2.19. The van der Waals surface area contributed by atoms with Gasteiger partial charge in [0.15, 0.2) is 0 Å². The van der Waals surface area contributed by atoms with E-state index in [9.17, 15) is 8.78 Å². The van der Waals surface area contributed by atoms with E-state index in [0.717, 1.165) is 25.2 Å². The van der Waals surface area contributed by atoms with E-state index in [1.807, 2.05) is 12.1 Å². The van der Waals surface area contributed by atoms with Crippen molar-refractivity contribution < 1.29 is 13.5 Å². The number of benzene rings is 1. The number of halogens is 2. The molecule has 0 unspecified atom stereocenters. The van der Waals surface area contributed by atoms with Crippen LogP contribution in [0.2, 0.25) is 0 Å². The lowest BCUT2D eigenvalue weighted by Gasteiger charge is -2.24. The van der Waals surface area contributed by atoms with Gasteiger partial charge in [0.1, 0.15) is 5.75 Å². The van der Waals surface area contributed by atoms with Crippen LogP contribution in [0.15, 0.2) is 24.3 Å². The monoisotopic (exact) mass is 228 g/mol. The van der Waals surface area contributed by atoms with Gasteiger partial charge in [-0.2, -0.15) is 8.78 Å².